The number of H-pyrrole nitrogens is 1. The lowest BCUT2D eigenvalue weighted by molar-refractivity contribution is 0.102. The Labute approximate surface area is 142 Å². The molecule has 25 heavy (non-hydrogen) atoms. The SMILES string of the molecule is O=C(Nc1ccncc1)c1ccc2[nH]nc(-c3ccc(F)cc3)c2c1. The Hall–Kier alpha value is -3.54. The van der Waals surface area contributed by atoms with Gasteiger partial charge < -0.3 is 5.32 Å². The molecule has 2 heterocycles. The fourth-order valence-electron chi connectivity index (χ4n) is 2.62. The number of pyridine rings is 1. The molecule has 2 aromatic heterocycles. The summed E-state index contributed by atoms with van der Waals surface area (Å²) in [6.07, 6.45) is 3.23. The highest BCUT2D eigenvalue weighted by molar-refractivity contribution is 6.07. The Morgan fingerprint density at radius 1 is 1.00 bits per heavy atom. The van der Waals surface area contributed by atoms with Crippen LogP contribution in [0, 0.1) is 5.82 Å². The van der Waals surface area contributed by atoms with Gasteiger partial charge in [-0.15, -0.1) is 0 Å². The number of amides is 1. The zero-order valence-corrected chi connectivity index (χ0v) is 13.0. The van der Waals surface area contributed by atoms with E-state index in [4.69, 9.17) is 0 Å². The maximum atomic E-state index is 13.1. The number of aromatic amines is 1. The topological polar surface area (TPSA) is 70.7 Å². The number of anilines is 1. The van der Waals surface area contributed by atoms with Crippen molar-refractivity contribution in [1.82, 2.24) is 15.2 Å². The summed E-state index contributed by atoms with van der Waals surface area (Å²) in [7, 11) is 0. The zero-order chi connectivity index (χ0) is 17.2. The summed E-state index contributed by atoms with van der Waals surface area (Å²) < 4.78 is 13.1. The van der Waals surface area contributed by atoms with E-state index in [0.29, 0.717) is 16.9 Å². The Bertz CT molecular complexity index is 1040. The predicted molar refractivity (Wildman–Crippen MR) is 93.7 cm³/mol. The van der Waals surface area contributed by atoms with Crippen LogP contribution in [0.4, 0.5) is 10.1 Å². The van der Waals surface area contributed by atoms with E-state index in [1.807, 2.05) is 0 Å². The minimum Gasteiger partial charge on any atom is -0.322 e. The molecule has 4 rings (SSSR count). The van der Waals surface area contributed by atoms with Crippen molar-refractivity contribution < 1.29 is 9.18 Å². The highest BCUT2D eigenvalue weighted by Gasteiger charge is 2.12. The van der Waals surface area contributed by atoms with Crippen LogP contribution in [-0.2, 0) is 0 Å². The van der Waals surface area contributed by atoms with E-state index in [9.17, 15) is 9.18 Å². The smallest absolute Gasteiger partial charge is 0.255 e. The molecule has 5 nitrogen and oxygen atoms in total. The Morgan fingerprint density at radius 2 is 1.76 bits per heavy atom. The second-order valence-electron chi connectivity index (χ2n) is 5.53. The van der Waals surface area contributed by atoms with Gasteiger partial charge >= 0.3 is 0 Å². The van der Waals surface area contributed by atoms with Gasteiger partial charge in [-0.1, -0.05) is 0 Å². The van der Waals surface area contributed by atoms with Gasteiger partial charge in [0.25, 0.3) is 5.91 Å². The number of fused-ring (bicyclic) bond motifs is 1. The second kappa shape index (κ2) is 6.16. The summed E-state index contributed by atoms with van der Waals surface area (Å²) in [4.78, 5) is 16.4. The summed E-state index contributed by atoms with van der Waals surface area (Å²) in [5.41, 5.74) is 3.44. The average molecular weight is 332 g/mol. The van der Waals surface area contributed by atoms with Crippen LogP contribution in [0.25, 0.3) is 22.2 Å². The first kappa shape index (κ1) is 15.0. The van der Waals surface area contributed by atoms with E-state index < -0.39 is 0 Å². The molecule has 0 spiro atoms. The third-order valence-electron chi connectivity index (χ3n) is 3.88. The number of halogens is 1. The van der Waals surface area contributed by atoms with Gasteiger partial charge in [0.2, 0.25) is 0 Å². The molecule has 0 fully saturated rings. The number of aromatic nitrogens is 3. The summed E-state index contributed by atoms with van der Waals surface area (Å²) >= 11 is 0. The van der Waals surface area contributed by atoms with E-state index in [0.717, 1.165) is 16.5 Å². The Balaban J connectivity index is 1.71. The van der Waals surface area contributed by atoms with E-state index in [-0.39, 0.29) is 11.7 Å². The molecular weight excluding hydrogens is 319 g/mol. The number of carbonyl (C=O) groups is 1. The van der Waals surface area contributed by atoms with Crippen LogP contribution in [0.15, 0.2) is 67.0 Å². The minimum absolute atomic E-state index is 0.223. The summed E-state index contributed by atoms with van der Waals surface area (Å²) in [6, 6.07) is 14.8. The number of benzene rings is 2. The molecule has 0 aliphatic rings. The van der Waals surface area contributed by atoms with Gasteiger partial charge in [-0.2, -0.15) is 5.10 Å². The Kier molecular flexibility index (Phi) is 3.70. The van der Waals surface area contributed by atoms with Crippen LogP contribution in [0.5, 0.6) is 0 Å². The van der Waals surface area contributed by atoms with E-state index in [2.05, 4.69) is 20.5 Å². The maximum absolute atomic E-state index is 13.1. The van der Waals surface area contributed by atoms with Gasteiger partial charge in [0, 0.05) is 34.6 Å². The van der Waals surface area contributed by atoms with E-state index in [1.165, 1.54) is 12.1 Å². The molecule has 0 atom stereocenters. The molecule has 122 valence electrons. The van der Waals surface area contributed by atoms with Crippen molar-refractivity contribution in [3.05, 3.63) is 78.4 Å². The van der Waals surface area contributed by atoms with Gasteiger partial charge in [0.05, 0.1) is 11.2 Å². The van der Waals surface area contributed by atoms with Crippen LogP contribution in [0.1, 0.15) is 10.4 Å². The lowest BCUT2D eigenvalue weighted by Crippen LogP contribution is -2.11. The van der Waals surface area contributed by atoms with Crippen LogP contribution in [0.2, 0.25) is 0 Å². The van der Waals surface area contributed by atoms with Gasteiger partial charge in [-0.05, 0) is 54.6 Å². The molecule has 0 unspecified atom stereocenters. The highest BCUT2D eigenvalue weighted by atomic mass is 19.1. The predicted octanol–water partition coefficient (Wildman–Crippen LogP) is 4.02. The zero-order valence-electron chi connectivity index (χ0n) is 13.0. The molecule has 0 saturated heterocycles. The molecule has 1 amide bonds. The molecule has 0 radical (unpaired) electrons. The summed E-state index contributed by atoms with van der Waals surface area (Å²) in [6.45, 7) is 0. The molecule has 0 bridgehead atoms. The first-order valence-corrected chi connectivity index (χ1v) is 7.66. The number of rotatable bonds is 3. The molecule has 2 aromatic carbocycles. The maximum Gasteiger partial charge on any atom is 0.255 e. The van der Waals surface area contributed by atoms with Gasteiger partial charge in [-0.25, -0.2) is 4.39 Å². The fraction of sp³-hybridized carbons (Fsp3) is 0. The van der Waals surface area contributed by atoms with Crippen LogP contribution in [0.3, 0.4) is 0 Å². The Morgan fingerprint density at radius 3 is 2.52 bits per heavy atom. The van der Waals surface area contributed by atoms with E-state index >= 15 is 0 Å². The third kappa shape index (κ3) is 2.97. The normalized spacial score (nSPS) is 10.8. The summed E-state index contributed by atoms with van der Waals surface area (Å²) in [5.74, 6) is -0.527. The van der Waals surface area contributed by atoms with Crippen LogP contribution >= 0.6 is 0 Å². The second-order valence-corrected chi connectivity index (χ2v) is 5.53. The molecular formula is C19H13FN4O. The van der Waals surface area contributed by atoms with Crippen LogP contribution in [-0.4, -0.2) is 21.1 Å². The van der Waals surface area contributed by atoms with Gasteiger partial charge in [-0.3, -0.25) is 14.9 Å². The molecule has 0 aliphatic heterocycles. The molecule has 2 N–H and O–H groups in total. The largest absolute Gasteiger partial charge is 0.322 e. The number of hydrogen-bond donors (Lipinski definition) is 2. The van der Waals surface area contributed by atoms with Crippen molar-refractivity contribution in [2.45, 2.75) is 0 Å². The van der Waals surface area contributed by atoms with Crippen molar-refractivity contribution in [2.24, 2.45) is 0 Å². The first-order chi connectivity index (χ1) is 12.2. The first-order valence-electron chi connectivity index (χ1n) is 7.66. The highest BCUT2D eigenvalue weighted by Crippen LogP contribution is 2.27. The van der Waals surface area contributed by atoms with Gasteiger partial charge in [0.1, 0.15) is 5.82 Å². The number of nitrogens with zero attached hydrogens (tertiary/aromatic N) is 2. The number of carbonyl (C=O) groups excluding carboxylic acids is 1. The third-order valence-corrected chi connectivity index (χ3v) is 3.88. The van der Waals surface area contributed by atoms with Crippen molar-refractivity contribution in [1.29, 1.82) is 0 Å². The van der Waals surface area contributed by atoms with Crippen molar-refractivity contribution >= 4 is 22.5 Å². The number of nitrogens with one attached hydrogen (secondary N) is 2. The van der Waals surface area contributed by atoms with Gasteiger partial charge in [0.15, 0.2) is 0 Å². The van der Waals surface area contributed by atoms with Crippen molar-refractivity contribution in [3.8, 4) is 11.3 Å². The summed E-state index contributed by atoms with van der Waals surface area (Å²) in [5, 5.41) is 10.8. The average Bonchev–Trinajstić information content (AvgIpc) is 3.06. The standard InChI is InChI=1S/C19H13FN4O/c20-14-4-1-12(2-5-14)18-16-11-13(3-6-17(16)23-24-18)19(25)22-15-7-9-21-10-8-15/h1-11H,(H,23,24)(H,21,22,25). The monoisotopic (exact) mass is 332 g/mol. The molecule has 0 saturated carbocycles. The minimum atomic E-state index is -0.305. The molecule has 4 aromatic rings. The quantitative estimate of drug-likeness (QED) is 0.595. The van der Waals surface area contributed by atoms with E-state index in [1.54, 1.807) is 54.9 Å². The van der Waals surface area contributed by atoms with Crippen LogP contribution < -0.4 is 5.32 Å². The molecule has 0 aliphatic carbocycles. The van der Waals surface area contributed by atoms with Crippen molar-refractivity contribution in [3.63, 3.8) is 0 Å². The molecule has 6 heteroatoms. The fourth-order valence-corrected chi connectivity index (χ4v) is 2.62. The number of hydrogen-bond acceptors (Lipinski definition) is 3. The lowest BCUT2D eigenvalue weighted by Gasteiger charge is -2.05. The van der Waals surface area contributed by atoms with Crippen molar-refractivity contribution in [2.75, 3.05) is 5.32 Å². The lowest BCUT2D eigenvalue weighted by atomic mass is 10.1.